The van der Waals surface area contributed by atoms with Gasteiger partial charge >= 0.3 is 0 Å². The van der Waals surface area contributed by atoms with E-state index in [4.69, 9.17) is 5.73 Å². The van der Waals surface area contributed by atoms with Crippen LogP contribution in [0.5, 0.6) is 0 Å². The molecule has 2 amide bonds. The van der Waals surface area contributed by atoms with Crippen LogP contribution in [-0.2, 0) is 4.79 Å². The van der Waals surface area contributed by atoms with Crippen LogP contribution in [0.2, 0.25) is 0 Å². The van der Waals surface area contributed by atoms with Gasteiger partial charge in [0, 0.05) is 16.9 Å². The van der Waals surface area contributed by atoms with Crippen molar-refractivity contribution in [3.8, 4) is 0 Å². The second-order valence-corrected chi connectivity index (χ2v) is 5.22. The highest BCUT2D eigenvalue weighted by Gasteiger charge is 2.04. The third-order valence-corrected chi connectivity index (χ3v) is 3.13. The molecule has 0 saturated carbocycles. The number of rotatable bonds is 5. The highest BCUT2D eigenvalue weighted by Crippen LogP contribution is 2.14. The van der Waals surface area contributed by atoms with E-state index in [0.29, 0.717) is 11.3 Å². The summed E-state index contributed by atoms with van der Waals surface area (Å²) in [6.07, 6.45) is 0. The number of carbonyl (C=O) groups is 2. The van der Waals surface area contributed by atoms with Gasteiger partial charge in [-0.15, -0.1) is 0 Å². The smallest absolute Gasteiger partial charge is 0.248 e. The van der Waals surface area contributed by atoms with Gasteiger partial charge in [-0.1, -0.05) is 6.07 Å². The number of anilines is 2. The molecule has 2 aromatic carbocycles. The molecule has 0 fully saturated rings. The molecule has 4 N–H and O–H groups in total. The Hall–Kier alpha value is -2.82. The molecule has 5 nitrogen and oxygen atoms in total. The largest absolute Gasteiger partial charge is 0.376 e. The maximum atomic E-state index is 11.9. The van der Waals surface area contributed by atoms with Gasteiger partial charge in [-0.2, -0.15) is 0 Å². The first kappa shape index (κ1) is 15.6. The molecule has 0 radical (unpaired) electrons. The number of hydrogen-bond acceptors (Lipinski definition) is 3. The van der Waals surface area contributed by atoms with Crippen LogP contribution in [0.25, 0.3) is 0 Å². The summed E-state index contributed by atoms with van der Waals surface area (Å²) in [5.74, 6) is -0.652. The summed E-state index contributed by atoms with van der Waals surface area (Å²) in [5, 5.41) is 5.84. The number of amides is 2. The van der Waals surface area contributed by atoms with E-state index < -0.39 is 5.91 Å². The number of primary amides is 1. The zero-order chi connectivity index (χ0) is 16.1. The molecule has 0 heterocycles. The van der Waals surface area contributed by atoms with Gasteiger partial charge in [-0.05, 0) is 61.4 Å². The minimum Gasteiger partial charge on any atom is -0.376 e. The van der Waals surface area contributed by atoms with Crippen molar-refractivity contribution >= 4 is 23.2 Å². The van der Waals surface area contributed by atoms with Gasteiger partial charge in [-0.25, -0.2) is 0 Å². The Bertz CT molecular complexity index is 673. The lowest BCUT2D eigenvalue weighted by Gasteiger charge is -2.09. The van der Waals surface area contributed by atoms with E-state index in [1.807, 2.05) is 26.0 Å². The molecular formula is C17H19N3O2. The lowest BCUT2D eigenvalue weighted by molar-refractivity contribution is -0.114. The number of nitrogens with two attached hydrogens (primary N) is 1. The molecule has 22 heavy (non-hydrogen) atoms. The minimum absolute atomic E-state index is 0.161. The predicted octanol–water partition coefficient (Wildman–Crippen LogP) is 2.45. The zero-order valence-electron chi connectivity index (χ0n) is 12.6. The van der Waals surface area contributed by atoms with Crippen LogP contribution in [0.3, 0.4) is 0 Å². The fourth-order valence-electron chi connectivity index (χ4n) is 2.18. The molecule has 5 heteroatoms. The summed E-state index contributed by atoms with van der Waals surface area (Å²) in [4.78, 5) is 22.9. The number of hydrogen-bond donors (Lipinski definition) is 3. The number of nitrogens with one attached hydrogen (secondary N) is 2. The van der Waals surface area contributed by atoms with Crippen LogP contribution in [0, 0.1) is 13.8 Å². The van der Waals surface area contributed by atoms with Gasteiger partial charge in [0.15, 0.2) is 0 Å². The predicted molar refractivity (Wildman–Crippen MR) is 88.0 cm³/mol. The molecule has 0 aliphatic heterocycles. The Morgan fingerprint density at radius 1 is 0.955 bits per heavy atom. The van der Waals surface area contributed by atoms with E-state index in [2.05, 4.69) is 16.7 Å². The fraction of sp³-hybridized carbons (Fsp3) is 0.176. The van der Waals surface area contributed by atoms with E-state index >= 15 is 0 Å². The summed E-state index contributed by atoms with van der Waals surface area (Å²) < 4.78 is 0. The molecule has 0 bridgehead atoms. The second kappa shape index (κ2) is 6.76. The van der Waals surface area contributed by atoms with Gasteiger partial charge < -0.3 is 16.4 Å². The van der Waals surface area contributed by atoms with Crippen molar-refractivity contribution in [3.63, 3.8) is 0 Å². The maximum absolute atomic E-state index is 11.9. The van der Waals surface area contributed by atoms with Crippen LogP contribution >= 0.6 is 0 Å². The standard InChI is InChI=1S/C17H19N3O2/c1-11-7-12(2)9-15(8-11)19-10-16(21)20-14-5-3-13(4-6-14)17(18)22/h3-9,19H,10H2,1-2H3,(H2,18,22)(H,20,21). The Kier molecular flexibility index (Phi) is 4.78. The van der Waals surface area contributed by atoms with Crippen molar-refractivity contribution < 1.29 is 9.59 Å². The van der Waals surface area contributed by atoms with Crippen LogP contribution in [0.15, 0.2) is 42.5 Å². The topological polar surface area (TPSA) is 84.2 Å². The third kappa shape index (κ3) is 4.34. The zero-order valence-corrected chi connectivity index (χ0v) is 12.6. The van der Waals surface area contributed by atoms with Crippen molar-refractivity contribution in [2.45, 2.75) is 13.8 Å². The Morgan fingerprint density at radius 2 is 1.55 bits per heavy atom. The van der Waals surface area contributed by atoms with Crippen LogP contribution in [0.4, 0.5) is 11.4 Å². The normalized spacial score (nSPS) is 10.1. The van der Waals surface area contributed by atoms with Crippen molar-refractivity contribution in [2.24, 2.45) is 5.73 Å². The quantitative estimate of drug-likeness (QED) is 0.792. The van der Waals surface area contributed by atoms with E-state index in [0.717, 1.165) is 16.8 Å². The summed E-state index contributed by atoms with van der Waals surface area (Å²) in [6, 6.07) is 12.5. The molecule has 0 aliphatic carbocycles. The summed E-state index contributed by atoms with van der Waals surface area (Å²) >= 11 is 0. The SMILES string of the molecule is Cc1cc(C)cc(NCC(=O)Nc2ccc(C(N)=O)cc2)c1. The first-order valence-corrected chi connectivity index (χ1v) is 6.96. The second-order valence-electron chi connectivity index (χ2n) is 5.22. The van der Waals surface area contributed by atoms with E-state index in [1.54, 1.807) is 24.3 Å². The number of carbonyl (C=O) groups excluding carboxylic acids is 2. The molecule has 114 valence electrons. The fourth-order valence-corrected chi connectivity index (χ4v) is 2.18. The van der Waals surface area contributed by atoms with Crippen LogP contribution in [-0.4, -0.2) is 18.4 Å². The first-order chi connectivity index (χ1) is 10.4. The highest BCUT2D eigenvalue weighted by molar-refractivity contribution is 5.96. The molecule has 2 rings (SSSR count). The molecule has 0 spiro atoms. The van der Waals surface area contributed by atoms with E-state index in [1.165, 1.54) is 0 Å². The highest BCUT2D eigenvalue weighted by atomic mass is 16.2. The Morgan fingerprint density at radius 3 is 2.09 bits per heavy atom. The van der Waals surface area contributed by atoms with E-state index in [9.17, 15) is 9.59 Å². The van der Waals surface area contributed by atoms with Crippen molar-refractivity contribution in [1.82, 2.24) is 0 Å². The lowest BCUT2D eigenvalue weighted by atomic mass is 10.1. The number of benzene rings is 2. The molecule has 0 saturated heterocycles. The van der Waals surface area contributed by atoms with E-state index in [-0.39, 0.29) is 12.5 Å². The minimum atomic E-state index is -0.491. The lowest BCUT2D eigenvalue weighted by Crippen LogP contribution is -2.22. The molecule has 0 aliphatic rings. The average molecular weight is 297 g/mol. The van der Waals surface area contributed by atoms with Gasteiger partial charge in [0.1, 0.15) is 0 Å². The van der Waals surface area contributed by atoms with Crippen molar-refractivity contribution in [1.29, 1.82) is 0 Å². The summed E-state index contributed by atoms with van der Waals surface area (Å²) in [5.41, 5.74) is 9.40. The summed E-state index contributed by atoms with van der Waals surface area (Å²) in [6.45, 7) is 4.19. The Labute approximate surface area is 129 Å². The van der Waals surface area contributed by atoms with Gasteiger partial charge in [0.05, 0.1) is 6.54 Å². The van der Waals surface area contributed by atoms with Gasteiger partial charge in [0.25, 0.3) is 0 Å². The molecule has 2 aromatic rings. The summed E-state index contributed by atoms with van der Waals surface area (Å²) in [7, 11) is 0. The molecule has 0 atom stereocenters. The van der Waals surface area contributed by atoms with Crippen LogP contribution < -0.4 is 16.4 Å². The van der Waals surface area contributed by atoms with Crippen molar-refractivity contribution in [2.75, 3.05) is 17.2 Å². The average Bonchev–Trinajstić information content (AvgIpc) is 2.45. The molecular weight excluding hydrogens is 278 g/mol. The van der Waals surface area contributed by atoms with Crippen LogP contribution in [0.1, 0.15) is 21.5 Å². The third-order valence-electron chi connectivity index (χ3n) is 3.13. The van der Waals surface area contributed by atoms with Gasteiger partial charge in [0.2, 0.25) is 11.8 Å². The Balaban J connectivity index is 1.91. The molecule has 0 unspecified atom stereocenters. The maximum Gasteiger partial charge on any atom is 0.248 e. The van der Waals surface area contributed by atoms with Crippen molar-refractivity contribution in [3.05, 3.63) is 59.2 Å². The monoisotopic (exact) mass is 297 g/mol. The number of aryl methyl sites for hydroxylation is 2. The van der Waals surface area contributed by atoms with Gasteiger partial charge in [-0.3, -0.25) is 9.59 Å². The molecule has 0 aromatic heterocycles. The first-order valence-electron chi connectivity index (χ1n) is 6.96.